The summed E-state index contributed by atoms with van der Waals surface area (Å²) in [6.45, 7) is 2.13. The standard InChI is InChI=1S/C6H12O.H2O2/c1-2-3-4-5-6-7;1-2/h6H,2-5H2,1H3;1-2H. The quantitative estimate of drug-likeness (QED) is 0.266. The number of carbonyl (C=O) groups excluding carboxylic acids is 1. The minimum atomic E-state index is 0.744. The molecule has 3 heteroatoms. The van der Waals surface area contributed by atoms with E-state index in [1.807, 2.05) is 0 Å². The summed E-state index contributed by atoms with van der Waals surface area (Å²) in [6, 6.07) is 0. The second-order valence-corrected chi connectivity index (χ2v) is 1.66. The summed E-state index contributed by atoms with van der Waals surface area (Å²) in [6.07, 6.45) is 5.19. The number of carbonyl (C=O) groups is 1. The zero-order valence-corrected chi connectivity index (χ0v) is 5.71. The van der Waals surface area contributed by atoms with Crippen LogP contribution in [-0.4, -0.2) is 16.8 Å². The van der Waals surface area contributed by atoms with Crippen LogP contribution >= 0.6 is 0 Å². The third-order valence-corrected chi connectivity index (χ3v) is 0.926. The van der Waals surface area contributed by atoms with Gasteiger partial charge < -0.3 is 4.79 Å². The molecule has 0 heterocycles. The van der Waals surface area contributed by atoms with Crippen LogP contribution < -0.4 is 0 Å². The molecule has 3 nitrogen and oxygen atoms in total. The Balaban J connectivity index is 0. The smallest absolute Gasteiger partial charge is 0.119 e. The Hall–Kier alpha value is -0.410. The van der Waals surface area contributed by atoms with Gasteiger partial charge in [-0.1, -0.05) is 19.8 Å². The zero-order chi connectivity index (χ0) is 7.54. The van der Waals surface area contributed by atoms with Crippen molar-refractivity contribution in [3.05, 3.63) is 0 Å². The molecular formula is C6H14O3. The van der Waals surface area contributed by atoms with Gasteiger partial charge >= 0.3 is 0 Å². The molecule has 56 valence electrons. The number of hydrogen-bond acceptors (Lipinski definition) is 3. The first-order valence-electron chi connectivity index (χ1n) is 3.05. The van der Waals surface area contributed by atoms with Crippen molar-refractivity contribution in [3.8, 4) is 0 Å². The van der Waals surface area contributed by atoms with Gasteiger partial charge in [-0.25, -0.2) is 0 Å². The van der Waals surface area contributed by atoms with Gasteiger partial charge in [0.25, 0.3) is 0 Å². The Labute approximate surface area is 55.2 Å². The van der Waals surface area contributed by atoms with E-state index < -0.39 is 0 Å². The molecule has 0 aliphatic carbocycles. The molecular weight excluding hydrogens is 120 g/mol. The largest absolute Gasteiger partial charge is 0.303 e. The fourth-order valence-electron chi connectivity index (χ4n) is 0.478. The van der Waals surface area contributed by atoms with Crippen LogP contribution in [0.3, 0.4) is 0 Å². The second kappa shape index (κ2) is 15.6. The molecule has 0 radical (unpaired) electrons. The maximum atomic E-state index is 9.68. The van der Waals surface area contributed by atoms with Crippen molar-refractivity contribution in [3.63, 3.8) is 0 Å². The highest BCUT2D eigenvalue weighted by molar-refractivity contribution is 5.48. The average molecular weight is 134 g/mol. The molecule has 0 amide bonds. The first-order valence-corrected chi connectivity index (χ1v) is 3.05. The number of aldehydes is 1. The first kappa shape index (κ1) is 11.4. The molecule has 0 fully saturated rings. The molecule has 0 aromatic rings. The maximum absolute atomic E-state index is 9.68. The van der Waals surface area contributed by atoms with E-state index in [0.29, 0.717) is 0 Å². The Kier molecular flexibility index (Phi) is 19.8. The molecule has 0 saturated heterocycles. The maximum Gasteiger partial charge on any atom is 0.119 e. The SMILES string of the molecule is CCCCCC=O.OO. The van der Waals surface area contributed by atoms with Crippen molar-refractivity contribution in [1.82, 2.24) is 0 Å². The Morgan fingerprint density at radius 3 is 2.22 bits per heavy atom. The molecule has 2 N–H and O–H groups in total. The molecule has 9 heavy (non-hydrogen) atoms. The van der Waals surface area contributed by atoms with Crippen molar-refractivity contribution in [2.45, 2.75) is 32.6 Å². The van der Waals surface area contributed by atoms with Crippen LogP contribution in [-0.2, 0) is 4.79 Å². The number of unbranched alkanes of at least 4 members (excludes halogenated alkanes) is 3. The summed E-state index contributed by atoms with van der Waals surface area (Å²) < 4.78 is 0. The third-order valence-electron chi connectivity index (χ3n) is 0.926. The lowest BCUT2D eigenvalue weighted by molar-refractivity contribution is -0.176. The summed E-state index contributed by atoms with van der Waals surface area (Å²) in [5.41, 5.74) is 0. The van der Waals surface area contributed by atoms with Crippen molar-refractivity contribution < 1.29 is 15.3 Å². The van der Waals surface area contributed by atoms with Crippen LogP contribution in [0.25, 0.3) is 0 Å². The summed E-state index contributed by atoms with van der Waals surface area (Å²) in [4.78, 5) is 9.68. The Bertz CT molecular complexity index is 45.6. The van der Waals surface area contributed by atoms with Gasteiger partial charge in [0, 0.05) is 6.42 Å². The summed E-state index contributed by atoms with van der Waals surface area (Å²) in [5.74, 6) is 0. The Morgan fingerprint density at radius 2 is 1.89 bits per heavy atom. The molecule has 0 aromatic heterocycles. The highest BCUT2D eigenvalue weighted by Crippen LogP contribution is 1.94. The average Bonchev–Trinajstić information content (AvgIpc) is 1.94. The second-order valence-electron chi connectivity index (χ2n) is 1.66. The predicted molar refractivity (Wildman–Crippen MR) is 35.5 cm³/mol. The van der Waals surface area contributed by atoms with E-state index in [-0.39, 0.29) is 0 Å². The van der Waals surface area contributed by atoms with Crippen LogP contribution in [0.2, 0.25) is 0 Å². The monoisotopic (exact) mass is 134 g/mol. The lowest BCUT2D eigenvalue weighted by Gasteiger charge is -1.85. The number of hydrogen-bond donors (Lipinski definition) is 2. The fraction of sp³-hybridized carbons (Fsp3) is 0.833. The Morgan fingerprint density at radius 1 is 1.33 bits per heavy atom. The highest BCUT2D eigenvalue weighted by Gasteiger charge is 1.80. The minimum Gasteiger partial charge on any atom is -0.303 e. The molecule has 0 aliphatic heterocycles. The molecule has 0 saturated carbocycles. The fourth-order valence-corrected chi connectivity index (χ4v) is 0.478. The van der Waals surface area contributed by atoms with Crippen molar-refractivity contribution in [1.29, 1.82) is 0 Å². The highest BCUT2D eigenvalue weighted by atomic mass is 17.0. The summed E-state index contributed by atoms with van der Waals surface area (Å²) in [5, 5.41) is 12.0. The van der Waals surface area contributed by atoms with E-state index in [1.54, 1.807) is 0 Å². The number of rotatable bonds is 4. The van der Waals surface area contributed by atoms with Gasteiger partial charge in [-0.2, -0.15) is 0 Å². The van der Waals surface area contributed by atoms with Crippen LogP contribution in [0, 0.1) is 0 Å². The van der Waals surface area contributed by atoms with Gasteiger partial charge in [0.05, 0.1) is 0 Å². The molecule has 0 spiro atoms. The van der Waals surface area contributed by atoms with Crippen molar-refractivity contribution in [2.24, 2.45) is 0 Å². The van der Waals surface area contributed by atoms with Crippen LogP contribution in [0.1, 0.15) is 32.6 Å². The van der Waals surface area contributed by atoms with E-state index in [9.17, 15) is 4.79 Å². The molecule has 0 unspecified atom stereocenters. The van der Waals surface area contributed by atoms with Crippen LogP contribution in [0.4, 0.5) is 0 Å². The van der Waals surface area contributed by atoms with E-state index in [1.165, 1.54) is 12.8 Å². The van der Waals surface area contributed by atoms with Gasteiger partial charge in [0.2, 0.25) is 0 Å². The summed E-state index contributed by atoms with van der Waals surface area (Å²) >= 11 is 0. The van der Waals surface area contributed by atoms with E-state index >= 15 is 0 Å². The zero-order valence-electron chi connectivity index (χ0n) is 5.71. The van der Waals surface area contributed by atoms with Gasteiger partial charge in [-0.05, 0) is 6.42 Å². The van der Waals surface area contributed by atoms with Crippen LogP contribution in [0.5, 0.6) is 0 Å². The first-order chi connectivity index (χ1) is 4.41. The van der Waals surface area contributed by atoms with Crippen LogP contribution in [0.15, 0.2) is 0 Å². The van der Waals surface area contributed by atoms with E-state index in [0.717, 1.165) is 19.1 Å². The van der Waals surface area contributed by atoms with Gasteiger partial charge in [0.1, 0.15) is 6.29 Å². The molecule has 0 bridgehead atoms. The summed E-state index contributed by atoms with van der Waals surface area (Å²) in [7, 11) is 0. The van der Waals surface area contributed by atoms with Crippen molar-refractivity contribution in [2.75, 3.05) is 0 Å². The van der Waals surface area contributed by atoms with Crippen molar-refractivity contribution >= 4 is 6.29 Å². The molecule has 0 atom stereocenters. The third kappa shape index (κ3) is 18.4. The predicted octanol–water partition coefficient (Wildman–Crippen LogP) is 1.78. The van der Waals surface area contributed by atoms with E-state index in [2.05, 4.69) is 6.92 Å². The topological polar surface area (TPSA) is 57.5 Å². The van der Waals surface area contributed by atoms with Gasteiger partial charge in [-0.3, -0.25) is 10.5 Å². The minimum absolute atomic E-state index is 0.744. The van der Waals surface area contributed by atoms with E-state index in [4.69, 9.17) is 10.5 Å². The molecule has 0 aliphatic rings. The van der Waals surface area contributed by atoms with Gasteiger partial charge in [0.15, 0.2) is 0 Å². The molecule has 0 aromatic carbocycles. The van der Waals surface area contributed by atoms with Gasteiger partial charge in [-0.15, -0.1) is 0 Å². The lowest BCUT2D eigenvalue weighted by atomic mass is 10.2. The normalized spacial score (nSPS) is 7.44. The molecule has 0 rings (SSSR count). The lowest BCUT2D eigenvalue weighted by Crippen LogP contribution is -1.73.